The van der Waals surface area contributed by atoms with Crippen molar-refractivity contribution >= 4 is 28.4 Å². The Morgan fingerprint density at radius 1 is 1.19 bits per heavy atom. The van der Waals surface area contributed by atoms with E-state index in [0.717, 1.165) is 25.2 Å². The second kappa shape index (κ2) is 8.32. The quantitative estimate of drug-likeness (QED) is 0.357. The van der Waals surface area contributed by atoms with E-state index >= 15 is 0 Å². The molecule has 10 heteroatoms. The summed E-state index contributed by atoms with van der Waals surface area (Å²) in [4.78, 5) is 10.9. The SMILES string of the molecule is Cn1cc(Nc2ncnc3c(NC[C@@H](O)CN4CCc5ccccc5C4)n[nH]c23)cn1. The highest BCUT2D eigenvalue weighted by molar-refractivity contribution is 5.93. The first-order chi connectivity index (χ1) is 15.2. The van der Waals surface area contributed by atoms with E-state index in [0.29, 0.717) is 35.8 Å². The summed E-state index contributed by atoms with van der Waals surface area (Å²) in [5, 5.41) is 28.5. The molecule has 0 fully saturated rings. The van der Waals surface area contributed by atoms with Gasteiger partial charge in [0.2, 0.25) is 0 Å². The number of aromatic amines is 1. The number of benzene rings is 1. The fraction of sp³-hybridized carbons (Fsp3) is 0.333. The summed E-state index contributed by atoms with van der Waals surface area (Å²) >= 11 is 0. The van der Waals surface area contributed by atoms with E-state index in [9.17, 15) is 5.11 Å². The zero-order chi connectivity index (χ0) is 21.2. The van der Waals surface area contributed by atoms with Crippen LogP contribution < -0.4 is 10.6 Å². The van der Waals surface area contributed by atoms with Gasteiger partial charge in [0.1, 0.15) is 17.4 Å². The second-order valence-corrected chi connectivity index (χ2v) is 7.83. The number of hydrogen-bond donors (Lipinski definition) is 4. The molecule has 0 saturated heterocycles. The predicted molar refractivity (Wildman–Crippen MR) is 118 cm³/mol. The lowest BCUT2D eigenvalue weighted by Crippen LogP contribution is -2.39. The van der Waals surface area contributed by atoms with E-state index in [1.54, 1.807) is 10.9 Å². The van der Waals surface area contributed by atoms with Crippen LogP contribution >= 0.6 is 0 Å². The van der Waals surface area contributed by atoms with Gasteiger partial charge >= 0.3 is 0 Å². The van der Waals surface area contributed by atoms with E-state index < -0.39 is 6.10 Å². The Morgan fingerprint density at radius 3 is 2.90 bits per heavy atom. The van der Waals surface area contributed by atoms with Gasteiger partial charge < -0.3 is 15.7 Å². The van der Waals surface area contributed by atoms with Gasteiger partial charge in [0.25, 0.3) is 0 Å². The van der Waals surface area contributed by atoms with Crippen molar-refractivity contribution in [1.29, 1.82) is 0 Å². The highest BCUT2D eigenvalue weighted by Crippen LogP contribution is 2.25. The summed E-state index contributed by atoms with van der Waals surface area (Å²) in [6.07, 6.45) is 5.57. The minimum atomic E-state index is -0.521. The van der Waals surface area contributed by atoms with Crippen LogP contribution in [0.5, 0.6) is 0 Å². The molecule has 0 radical (unpaired) electrons. The van der Waals surface area contributed by atoms with Crippen LogP contribution in [0.3, 0.4) is 0 Å². The summed E-state index contributed by atoms with van der Waals surface area (Å²) in [6, 6.07) is 8.51. The Morgan fingerprint density at radius 2 is 2.06 bits per heavy atom. The Kier molecular flexibility index (Phi) is 5.23. The molecule has 0 bridgehead atoms. The van der Waals surface area contributed by atoms with Crippen molar-refractivity contribution in [2.75, 3.05) is 30.3 Å². The van der Waals surface area contributed by atoms with Crippen LogP contribution in [0.4, 0.5) is 17.3 Å². The number of nitrogens with zero attached hydrogens (tertiary/aromatic N) is 6. The second-order valence-electron chi connectivity index (χ2n) is 7.83. The van der Waals surface area contributed by atoms with Gasteiger partial charge in [0, 0.05) is 39.4 Å². The predicted octanol–water partition coefficient (Wildman–Crippen LogP) is 1.66. The standard InChI is InChI=1S/C21H25N9O/c1-29-11-16(8-25-29)26-20-19-18(23-13-24-20)21(28-27-19)22-9-17(31)12-30-7-6-14-4-2-3-5-15(14)10-30/h2-5,8,11,13,17,31H,6-7,9-10,12H2,1H3,(H2,22,27,28)(H,23,24,26)/t17-/m1/s1. The number of rotatable bonds is 7. The number of H-pyrrole nitrogens is 1. The topological polar surface area (TPSA) is 120 Å². The number of aliphatic hydroxyl groups is 1. The lowest BCUT2D eigenvalue weighted by Gasteiger charge is -2.30. The minimum Gasteiger partial charge on any atom is -0.390 e. The number of β-amino-alcohol motifs (C(OH)–C–C–N with tert-alkyl or cyclic N) is 1. The van der Waals surface area contributed by atoms with Crippen molar-refractivity contribution in [3.8, 4) is 0 Å². The van der Waals surface area contributed by atoms with Gasteiger partial charge in [-0.2, -0.15) is 10.2 Å². The van der Waals surface area contributed by atoms with E-state index in [1.807, 2.05) is 13.2 Å². The van der Waals surface area contributed by atoms with E-state index in [-0.39, 0.29) is 0 Å². The first-order valence-corrected chi connectivity index (χ1v) is 10.3. The number of nitrogens with one attached hydrogen (secondary N) is 3. The summed E-state index contributed by atoms with van der Waals surface area (Å²) in [7, 11) is 1.85. The first-order valence-electron chi connectivity index (χ1n) is 10.3. The monoisotopic (exact) mass is 419 g/mol. The Hall–Kier alpha value is -3.50. The lowest BCUT2D eigenvalue weighted by atomic mass is 10.00. The minimum absolute atomic E-state index is 0.382. The molecule has 1 aliphatic rings. The molecule has 4 heterocycles. The summed E-state index contributed by atoms with van der Waals surface area (Å²) in [6.45, 7) is 2.81. The van der Waals surface area contributed by atoms with Gasteiger partial charge in [-0.15, -0.1) is 0 Å². The van der Waals surface area contributed by atoms with Crippen molar-refractivity contribution in [3.63, 3.8) is 0 Å². The number of aliphatic hydroxyl groups excluding tert-OH is 1. The van der Waals surface area contributed by atoms with Crippen LogP contribution in [-0.4, -0.2) is 65.7 Å². The highest BCUT2D eigenvalue weighted by Gasteiger charge is 2.19. The molecular weight excluding hydrogens is 394 g/mol. The highest BCUT2D eigenvalue weighted by atomic mass is 16.3. The Labute approximate surface area is 179 Å². The van der Waals surface area contributed by atoms with Gasteiger partial charge in [-0.1, -0.05) is 24.3 Å². The van der Waals surface area contributed by atoms with Gasteiger partial charge in [0.15, 0.2) is 11.6 Å². The van der Waals surface area contributed by atoms with Crippen molar-refractivity contribution in [2.45, 2.75) is 19.1 Å². The molecule has 10 nitrogen and oxygen atoms in total. The van der Waals surface area contributed by atoms with Gasteiger partial charge in [-0.25, -0.2) is 9.97 Å². The van der Waals surface area contributed by atoms with Crippen LogP contribution in [0.1, 0.15) is 11.1 Å². The molecule has 1 aromatic carbocycles. The number of fused-ring (bicyclic) bond motifs is 2. The van der Waals surface area contributed by atoms with Crippen molar-refractivity contribution in [3.05, 3.63) is 54.1 Å². The molecule has 31 heavy (non-hydrogen) atoms. The van der Waals surface area contributed by atoms with Crippen molar-refractivity contribution < 1.29 is 5.11 Å². The van der Waals surface area contributed by atoms with Gasteiger partial charge in [-0.3, -0.25) is 14.7 Å². The maximum Gasteiger partial charge on any atom is 0.174 e. The summed E-state index contributed by atoms with van der Waals surface area (Å²) in [5.74, 6) is 1.21. The molecule has 160 valence electrons. The third kappa shape index (κ3) is 4.21. The first kappa shape index (κ1) is 19.5. The van der Waals surface area contributed by atoms with Gasteiger partial charge in [-0.05, 0) is 17.5 Å². The smallest absolute Gasteiger partial charge is 0.174 e. The van der Waals surface area contributed by atoms with E-state index in [1.165, 1.54) is 17.5 Å². The van der Waals surface area contributed by atoms with E-state index in [4.69, 9.17) is 0 Å². The van der Waals surface area contributed by atoms with E-state index in [2.05, 4.69) is 65.1 Å². The molecule has 5 rings (SSSR count). The average molecular weight is 419 g/mol. The number of aromatic nitrogens is 6. The molecule has 4 N–H and O–H groups in total. The number of aryl methyl sites for hydroxylation is 1. The molecule has 0 saturated carbocycles. The summed E-state index contributed by atoms with van der Waals surface area (Å²) in [5.41, 5.74) is 4.93. The zero-order valence-electron chi connectivity index (χ0n) is 17.3. The van der Waals surface area contributed by atoms with Crippen LogP contribution in [-0.2, 0) is 20.0 Å². The lowest BCUT2D eigenvalue weighted by molar-refractivity contribution is 0.114. The maximum atomic E-state index is 10.6. The molecule has 0 amide bonds. The fourth-order valence-corrected chi connectivity index (χ4v) is 3.96. The molecule has 0 aliphatic carbocycles. The van der Waals surface area contributed by atoms with Crippen LogP contribution in [0.25, 0.3) is 11.0 Å². The molecule has 4 aromatic rings. The molecular formula is C21H25N9O. The summed E-state index contributed by atoms with van der Waals surface area (Å²) < 4.78 is 1.71. The van der Waals surface area contributed by atoms with Crippen LogP contribution in [0, 0.1) is 0 Å². The van der Waals surface area contributed by atoms with Gasteiger partial charge in [0.05, 0.1) is 18.0 Å². The van der Waals surface area contributed by atoms with Crippen LogP contribution in [0.2, 0.25) is 0 Å². The molecule has 1 atom stereocenters. The van der Waals surface area contributed by atoms with Crippen LogP contribution in [0.15, 0.2) is 43.0 Å². The average Bonchev–Trinajstić information content (AvgIpc) is 3.38. The number of hydrogen-bond acceptors (Lipinski definition) is 8. The molecule has 1 aliphatic heterocycles. The molecule has 3 aromatic heterocycles. The Balaban J connectivity index is 1.21. The number of anilines is 3. The Bertz CT molecular complexity index is 1180. The van der Waals surface area contributed by atoms with Crippen molar-refractivity contribution in [2.24, 2.45) is 7.05 Å². The fourth-order valence-electron chi connectivity index (χ4n) is 3.96. The largest absolute Gasteiger partial charge is 0.390 e. The molecule has 0 spiro atoms. The normalized spacial score (nSPS) is 15.0. The molecule has 0 unspecified atom stereocenters. The maximum absolute atomic E-state index is 10.6. The third-order valence-corrected chi connectivity index (χ3v) is 5.50. The third-order valence-electron chi connectivity index (χ3n) is 5.50. The zero-order valence-corrected chi connectivity index (χ0v) is 17.3. The van der Waals surface area contributed by atoms with Crippen molar-refractivity contribution in [1.82, 2.24) is 34.8 Å².